The van der Waals surface area contributed by atoms with Crippen LogP contribution in [0.3, 0.4) is 0 Å². The number of carbonyl (C=O) groups is 2. The maximum Gasteiger partial charge on any atom is 0.308 e. The van der Waals surface area contributed by atoms with Gasteiger partial charge in [0.05, 0.1) is 12.3 Å². The summed E-state index contributed by atoms with van der Waals surface area (Å²) < 4.78 is 5.29. The van der Waals surface area contributed by atoms with Gasteiger partial charge in [0, 0.05) is 0 Å². The fraction of sp³-hybridized carbons (Fsp3) is 0.333. The number of rotatable bonds is 6. The van der Waals surface area contributed by atoms with E-state index in [1.54, 1.807) is 0 Å². The van der Waals surface area contributed by atoms with E-state index in [0.717, 1.165) is 28.3 Å². The normalized spacial score (nSPS) is 12.1. The molecular formula is C18H20O4. The molecule has 2 aromatic rings. The molecule has 0 fully saturated rings. The third kappa shape index (κ3) is 4.07. The fourth-order valence-electron chi connectivity index (χ4n) is 2.18. The number of fused-ring (bicyclic) bond motifs is 1. The van der Waals surface area contributed by atoms with Crippen molar-refractivity contribution in [2.45, 2.75) is 33.3 Å². The maximum atomic E-state index is 11.7. The molecule has 0 saturated carbocycles. The zero-order valence-electron chi connectivity index (χ0n) is 12.8. The Balaban J connectivity index is 2.10. The molecule has 0 aromatic heterocycles. The van der Waals surface area contributed by atoms with Crippen LogP contribution < -0.4 is 0 Å². The van der Waals surface area contributed by atoms with Crippen molar-refractivity contribution < 1.29 is 19.4 Å². The number of benzene rings is 2. The molecule has 1 unspecified atom stereocenters. The van der Waals surface area contributed by atoms with Crippen molar-refractivity contribution in [2.75, 3.05) is 0 Å². The first kappa shape index (κ1) is 16.0. The Hall–Kier alpha value is -2.36. The number of carboxylic acids is 1. The number of hydrogen-bond donors (Lipinski definition) is 1. The quantitative estimate of drug-likeness (QED) is 0.829. The second-order valence-corrected chi connectivity index (χ2v) is 5.50. The molecule has 1 atom stereocenters. The summed E-state index contributed by atoms with van der Waals surface area (Å²) in [6, 6.07) is 11.4. The number of carboxylic acid groups (broad SMARTS) is 1. The average Bonchev–Trinajstić information content (AvgIpc) is 2.51. The van der Waals surface area contributed by atoms with E-state index in [2.05, 4.69) is 0 Å². The highest BCUT2D eigenvalue weighted by atomic mass is 16.5. The first-order valence-corrected chi connectivity index (χ1v) is 7.39. The molecule has 22 heavy (non-hydrogen) atoms. The van der Waals surface area contributed by atoms with Crippen LogP contribution >= 0.6 is 0 Å². The monoisotopic (exact) mass is 300 g/mol. The topological polar surface area (TPSA) is 63.6 Å². The van der Waals surface area contributed by atoms with E-state index in [1.807, 2.05) is 50.2 Å². The van der Waals surface area contributed by atoms with Crippen molar-refractivity contribution in [3.8, 4) is 0 Å². The van der Waals surface area contributed by atoms with Gasteiger partial charge in [0.1, 0.15) is 6.61 Å². The molecule has 0 heterocycles. The highest BCUT2D eigenvalue weighted by Gasteiger charge is 2.12. The molecule has 4 heteroatoms. The number of esters is 1. The van der Waals surface area contributed by atoms with E-state index >= 15 is 0 Å². The number of aliphatic carboxylic acids is 1. The van der Waals surface area contributed by atoms with Gasteiger partial charge >= 0.3 is 11.9 Å². The molecule has 4 nitrogen and oxygen atoms in total. The van der Waals surface area contributed by atoms with Crippen molar-refractivity contribution in [3.63, 3.8) is 0 Å². The van der Waals surface area contributed by atoms with Gasteiger partial charge in [-0.1, -0.05) is 44.2 Å². The first-order chi connectivity index (χ1) is 10.5. The minimum Gasteiger partial charge on any atom is -0.481 e. The second-order valence-electron chi connectivity index (χ2n) is 5.50. The van der Waals surface area contributed by atoms with Crippen molar-refractivity contribution in [3.05, 3.63) is 47.5 Å². The van der Waals surface area contributed by atoms with Gasteiger partial charge in [-0.15, -0.1) is 0 Å². The molecule has 0 aliphatic rings. The lowest BCUT2D eigenvalue weighted by Gasteiger charge is -2.10. The SMILES string of the molecule is CCC(C)C(=O)OCc1ccc2cc(CC(=O)O)ccc2c1. The molecule has 2 rings (SSSR count). The first-order valence-electron chi connectivity index (χ1n) is 7.39. The van der Waals surface area contributed by atoms with Gasteiger partial charge in [-0.2, -0.15) is 0 Å². The van der Waals surface area contributed by atoms with Gasteiger partial charge in [0.25, 0.3) is 0 Å². The molecule has 0 amide bonds. The molecule has 1 N–H and O–H groups in total. The van der Waals surface area contributed by atoms with E-state index < -0.39 is 5.97 Å². The average molecular weight is 300 g/mol. The Morgan fingerprint density at radius 2 is 1.68 bits per heavy atom. The molecule has 0 radical (unpaired) electrons. The molecular weight excluding hydrogens is 280 g/mol. The summed E-state index contributed by atoms with van der Waals surface area (Å²) in [5.74, 6) is -1.11. The van der Waals surface area contributed by atoms with Crippen LogP contribution in [0.1, 0.15) is 31.4 Å². The largest absolute Gasteiger partial charge is 0.481 e. The van der Waals surface area contributed by atoms with Crippen LogP contribution in [0.4, 0.5) is 0 Å². The third-order valence-electron chi connectivity index (χ3n) is 3.72. The van der Waals surface area contributed by atoms with E-state index in [9.17, 15) is 9.59 Å². The van der Waals surface area contributed by atoms with Gasteiger partial charge in [-0.05, 0) is 34.4 Å². The van der Waals surface area contributed by atoms with E-state index in [-0.39, 0.29) is 24.9 Å². The zero-order valence-corrected chi connectivity index (χ0v) is 12.8. The smallest absolute Gasteiger partial charge is 0.308 e. The summed E-state index contributed by atoms with van der Waals surface area (Å²) in [4.78, 5) is 22.4. The van der Waals surface area contributed by atoms with Crippen LogP contribution in [0.25, 0.3) is 10.8 Å². The molecule has 0 saturated heterocycles. The highest BCUT2D eigenvalue weighted by molar-refractivity contribution is 5.85. The summed E-state index contributed by atoms with van der Waals surface area (Å²) in [5.41, 5.74) is 1.70. The van der Waals surface area contributed by atoms with Gasteiger partial charge in [0.2, 0.25) is 0 Å². The van der Waals surface area contributed by atoms with Crippen LogP contribution in [0, 0.1) is 5.92 Å². The molecule has 0 aliphatic carbocycles. The van der Waals surface area contributed by atoms with Crippen molar-refractivity contribution in [2.24, 2.45) is 5.92 Å². The standard InChI is InChI=1S/C18H20O4/c1-3-12(2)18(21)22-11-14-5-7-15-8-13(10-17(19)20)4-6-16(15)9-14/h4-9,12H,3,10-11H2,1-2H3,(H,19,20). The minimum absolute atomic E-state index is 0.0181. The van der Waals surface area contributed by atoms with Crippen LogP contribution in [0.2, 0.25) is 0 Å². The summed E-state index contributed by atoms with van der Waals surface area (Å²) in [5, 5.41) is 10.8. The third-order valence-corrected chi connectivity index (χ3v) is 3.72. The van der Waals surface area contributed by atoms with Crippen molar-refractivity contribution in [1.29, 1.82) is 0 Å². The van der Waals surface area contributed by atoms with Gasteiger partial charge < -0.3 is 9.84 Å². The van der Waals surface area contributed by atoms with Crippen LogP contribution in [0.15, 0.2) is 36.4 Å². The minimum atomic E-state index is -0.840. The van der Waals surface area contributed by atoms with Gasteiger partial charge in [0.15, 0.2) is 0 Å². The predicted octanol–water partition coefficient (Wildman–Crippen LogP) is 3.56. The highest BCUT2D eigenvalue weighted by Crippen LogP contribution is 2.19. The molecule has 116 valence electrons. The van der Waals surface area contributed by atoms with Gasteiger partial charge in [-0.3, -0.25) is 9.59 Å². The maximum absolute atomic E-state index is 11.7. The number of carbonyl (C=O) groups excluding carboxylic acids is 1. The van der Waals surface area contributed by atoms with Crippen LogP contribution in [0.5, 0.6) is 0 Å². The Morgan fingerprint density at radius 3 is 2.27 bits per heavy atom. The summed E-state index contributed by atoms with van der Waals surface area (Å²) in [7, 11) is 0. The fourth-order valence-corrected chi connectivity index (χ4v) is 2.18. The second kappa shape index (κ2) is 7.07. The lowest BCUT2D eigenvalue weighted by Crippen LogP contribution is -2.13. The van der Waals surface area contributed by atoms with Crippen LogP contribution in [-0.4, -0.2) is 17.0 Å². The summed E-state index contributed by atoms with van der Waals surface area (Å²) in [6.07, 6.45) is 0.785. The molecule has 2 aromatic carbocycles. The van der Waals surface area contributed by atoms with Crippen LogP contribution in [-0.2, 0) is 27.4 Å². The summed E-state index contributed by atoms with van der Waals surface area (Å²) >= 11 is 0. The van der Waals surface area contributed by atoms with E-state index in [4.69, 9.17) is 9.84 Å². The van der Waals surface area contributed by atoms with Gasteiger partial charge in [-0.25, -0.2) is 0 Å². The van der Waals surface area contributed by atoms with Crippen molar-refractivity contribution in [1.82, 2.24) is 0 Å². The molecule has 0 aliphatic heterocycles. The predicted molar refractivity (Wildman–Crippen MR) is 84.5 cm³/mol. The zero-order chi connectivity index (χ0) is 16.1. The molecule has 0 spiro atoms. The number of hydrogen-bond acceptors (Lipinski definition) is 3. The Kier molecular flexibility index (Phi) is 5.15. The lowest BCUT2D eigenvalue weighted by molar-refractivity contribution is -0.149. The Morgan fingerprint density at radius 1 is 1.09 bits per heavy atom. The van der Waals surface area contributed by atoms with E-state index in [1.165, 1.54) is 0 Å². The molecule has 0 bridgehead atoms. The van der Waals surface area contributed by atoms with E-state index in [0.29, 0.717) is 0 Å². The Labute approximate surface area is 129 Å². The lowest BCUT2D eigenvalue weighted by atomic mass is 10.0. The summed E-state index contributed by atoms with van der Waals surface area (Å²) in [6.45, 7) is 4.07. The number of ether oxygens (including phenoxy) is 1. The Bertz CT molecular complexity index is 691. The van der Waals surface area contributed by atoms with Crippen molar-refractivity contribution >= 4 is 22.7 Å².